The monoisotopic (exact) mass is 152 g/mol. The van der Waals surface area contributed by atoms with Gasteiger partial charge in [0.05, 0.1) is 0 Å². The molecular formula is C9H12O2. The Labute approximate surface area is 65.9 Å². The lowest BCUT2D eigenvalue weighted by Crippen LogP contribution is -2.32. The van der Waals surface area contributed by atoms with Crippen molar-refractivity contribution in [2.75, 3.05) is 0 Å². The first-order chi connectivity index (χ1) is 5.29. The summed E-state index contributed by atoms with van der Waals surface area (Å²) in [5, 5.41) is 8.70. The van der Waals surface area contributed by atoms with Gasteiger partial charge in [-0.1, -0.05) is 18.9 Å². The molecule has 0 bridgehead atoms. The van der Waals surface area contributed by atoms with Crippen molar-refractivity contribution in [1.29, 1.82) is 0 Å². The molecule has 1 fully saturated rings. The molecule has 2 aliphatic carbocycles. The van der Waals surface area contributed by atoms with E-state index in [1.54, 1.807) is 0 Å². The van der Waals surface area contributed by atoms with E-state index in [0.29, 0.717) is 17.4 Å². The van der Waals surface area contributed by atoms with Gasteiger partial charge in [0.15, 0.2) is 0 Å². The maximum atomic E-state index is 10.6. The molecule has 0 aromatic rings. The van der Waals surface area contributed by atoms with E-state index in [4.69, 9.17) is 5.11 Å². The zero-order chi connectivity index (χ0) is 7.84. The van der Waals surface area contributed by atoms with Gasteiger partial charge in [0.1, 0.15) is 0 Å². The van der Waals surface area contributed by atoms with Crippen LogP contribution in [0.2, 0.25) is 0 Å². The number of carboxylic acids is 1. The molecule has 0 radical (unpaired) electrons. The first kappa shape index (κ1) is 6.89. The lowest BCUT2D eigenvalue weighted by atomic mass is 9.67. The Bertz CT molecular complexity index is 218. The molecule has 1 saturated carbocycles. The average Bonchev–Trinajstić information content (AvgIpc) is 1.90. The number of hydrogen-bond acceptors (Lipinski definition) is 1. The first-order valence-corrected chi connectivity index (χ1v) is 4.24. The predicted octanol–water partition coefficient (Wildman–Crippen LogP) is 1.82. The van der Waals surface area contributed by atoms with Crippen molar-refractivity contribution in [3.63, 3.8) is 0 Å². The van der Waals surface area contributed by atoms with Gasteiger partial charge in [0.25, 0.3) is 0 Å². The predicted molar refractivity (Wildman–Crippen MR) is 41.2 cm³/mol. The summed E-state index contributed by atoms with van der Waals surface area (Å²) < 4.78 is 0. The number of hydrogen-bond donors (Lipinski definition) is 1. The van der Waals surface area contributed by atoms with Crippen molar-refractivity contribution >= 4 is 5.97 Å². The van der Waals surface area contributed by atoms with Crippen molar-refractivity contribution in [3.8, 4) is 0 Å². The van der Waals surface area contributed by atoms with Gasteiger partial charge in [-0.25, -0.2) is 4.79 Å². The Morgan fingerprint density at radius 1 is 1.45 bits per heavy atom. The lowest BCUT2D eigenvalue weighted by molar-refractivity contribution is -0.134. The van der Waals surface area contributed by atoms with Crippen molar-refractivity contribution in [2.24, 2.45) is 11.8 Å². The van der Waals surface area contributed by atoms with E-state index in [1.165, 1.54) is 19.3 Å². The summed E-state index contributed by atoms with van der Waals surface area (Å²) in [6.07, 6.45) is 6.74. The summed E-state index contributed by atoms with van der Waals surface area (Å²) in [4.78, 5) is 10.6. The van der Waals surface area contributed by atoms with Crippen LogP contribution in [-0.2, 0) is 4.79 Å². The summed E-state index contributed by atoms with van der Waals surface area (Å²) in [7, 11) is 0. The molecule has 0 aliphatic heterocycles. The minimum atomic E-state index is -0.701. The highest BCUT2D eigenvalue weighted by Gasteiger charge is 2.37. The Kier molecular flexibility index (Phi) is 1.48. The quantitative estimate of drug-likeness (QED) is 0.622. The van der Waals surface area contributed by atoms with E-state index in [9.17, 15) is 4.79 Å². The summed E-state index contributed by atoms with van der Waals surface area (Å²) in [5.74, 6) is 0.309. The van der Waals surface area contributed by atoms with Crippen LogP contribution in [0, 0.1) is 11.8 Å². The number of aliphatic carboxylic acids is 1. The Morgan fingerprint density at radius 3 is 2.82 bits per heavy atom. The van der Waals surface area contributed by atoms with Crippen molar-refractivity contribution < 1.29 is 9.90 Å². The smallest absolute Gasteiger partial charge is 0.331 e. The Balaban J connectivity index is 2.11. The number of carboxylic acid groups (broad SMARTS) is 1. The van der Waals surface area contributed by atoms with Crippen LogP contribution < -0.4 is 0 Å². The zero-order valence-electron chi connectivity index (χ0n) is 6.42. The molecule has 1 N–H and O–H groups in total. The maximum Gasteiger partial charge on any atom is 0.331 e. The van der Waals surface area contributed by atoms with E-state index in [1.807, 2.05) is 6.08 Å². The number of allylic oxidation sites excluding steroid dienone is 1. The van der Waals surface area contributed by atoms with Gasteiger partial charge in [-0.05, 0) is 24.7 Å². The van der Waals surface area contributed by atoms with Crippen molar-refractivity contribution in [1.82, 2.24) is 0 Å². The zero-order valence-corrected chi connectivity index (χ0v) is 6.42. The fourth-order valence-corrected chi connectivity index (χ4v) is 2.21. The summed E-state index contributed by atoms with van der Waals surface area (Å²) >= 11 is 0. The van der Waals surface area contributed by atoms with E-state index >= 15 is 0 Å². The summed E-state index contributed by atoms with van der Waals surface area (Å²) in [6.45, 7) is 0. The number of fused-ring (bicyclic) bond motifs is 1. The SMILES string of the molecule is O=C(O)C1=C[C@@H]2CCCC[C@H]12. The maximum absolute atomic E-state index is 10.6. The first-order valence-electron chi connectivity index (χ1n) is 4.24. The third-order valence-electron chi connectivity index (χ3n) is 2.86. The van der Waals surface area contributed by atoms with Gasteiger partial charge in [-0.2, -0.15) is 0 Å². The van der Waals surface area contributed by atoms with Crippen LogP contribution in [0.25, 0.3) is 0 Å². The van der Waals surface area contributed by atoms with Crippen LogP contribution in [0.1, 0.15) is 25.7 Å². The molecule has 2 rings (SSSR count). The third kappa shape index (κ3) is 0.971. The molecule has 0 heterocycles. The molecule has 0 aromatic heterocycles. The molecule has 2 nitrogen and oxygen atoms in total. The van der Waals surface area contributed by atoms with E-state index < -0.39 is 5.97 Å². The average molecular weight is 152 g/mol. The van der Waals surface area contributed by atoms with Crippen LogP contribution in [0.4, 0.5) is 0 Å². The molecule has 0 unspecified atom stereocenters. The normalized spacial score (nSPS) is 35.1. The highest BCUT2D eigenvalue weighted by Crippen LogP contribution is 2.43. The van der Waals surface area contributed by atoms with Gasteiger partial charge in [0, 0.05) is 5.57 Å². The molecule has 2 aliphatic rings. The topological polar surface area (TPSA) is 37.3 Å². The molecule has 0 amide bonds. The number of carbonyl (C=O) groups is 1. The second-order valence-corrected chi connectivity index (χ2v) is 3.48. The fourth-order valence-electron chi connectivity index (χ4n) is 2.21. The molecular weight excluding hydrogens is 140 g/mol. The standard InChI is InChI=1S/C9H12O2/c10-9(11)8-5-6-3-1-2-4-7(6)8/h5-7H,1-4H2,(H,10,11)/t6-,7-/m0/s1. The summed E-state index contributed by atoms with van der Waals surface area (Å²) in [6, 6.07) is 0. The van der Waals surface area contributed by atoms with Crippen molar-refractivity contribution in [2.45, 2.75) is 25.7 Å². The van der Waals surface area contributed by atoms with Crippen LogP contribution in [0.5, 0.6) is 0 Å². The third-order valence-corrected chi connectivity index (χ3v) is 2.86. The minimum absolute atomic E-state index is 0.404. The van der Waals surface area contributed by atoms with Gasteiger partial charge in [-0.15, -0.1) is 0 Å². The summed E-state index contributed by atoms with van der Waals surface area (Å²) in [5.41, 5.74) is 0.676. The molecule has 0 spiro atoms. The number of rotatable bonds is 1. The van der Waals surface area contributed by atoms with Gasteiger partial charge >= 0.3 is 5.97 Å². The van der Waals surface area contributed by atoms with E-state index in [0.717, 1.165) is 6.42 Å². The van der Waals surface area contributed by atoms with Crippen LogP contribution in [0.15, 0.2) is 11.6 Å². The highest BCUT2D eigenvalue weighted by molar-refractivity contribution is 5.89. The molecule has 2 heteroatoms. The lowest BCUT2D eigenvalue weighted by Gasteiger charge is -2.37. The fraction of sp³-hybridized carbons (Fsp3) is 0.667. The van der Waals surface area contributed by atoms with Gasteiger partial charge < -0.3 is 5.11 Å². The molecule has 2 atom stereocenters. The second-order valence-electron chi connectivity index (χ2n) is 3.48. The van der Waals surface area contributed by atoms with Gasteiger partial charge in [0.2, 0.25) is 0 Å². The molecule has 0 aromatic carbocycles. The van der Waals surface area contributed by atoms with Crippen LogP contribution >= 0.6 is 0 Å². The van der Waals surface area contributed by atoms with Gasteiger partial charge in [-0.3, -0.25) is 0 Å². The van der Waals surface area contributed by atoms with E-state index in [-0.39, 0.29) is 0 Å². The van der Waals surface area contributed by atoms with Crippen LogP contribution in [-0.4, -0.2) is 11.1 Å². The van der Waals surface area contributed by atoms with E-state index in [2.05, 4.69) is 0 Å². The largest absolute Gasteiger partial charge is 0.478 e. The van der Waals surface area contributed by atoms with Crippen LogP contribution in [0.3, 0.4) is 0 Å². The highest BCUT2D eigenvalue weighted by atomic mass is 16.4. The Morgan fingerprint density at radius 2 is 2.18 bits per heavy atom. The second kappa shape index (κ2) is 2.36. The molecule has 60 valence electrons. The Hall–Kier alpha value is -0.790. The molecule has 0 saturated heterocycles. The molecule has 11 heavy (non-hydrogen) atoms. The minimum Gasteiger partial charge on any atom is -0.478 e. The van der Waals surface area contributed by atoms with Crippen molar-refractivity contribution in [3.05, 3.63) is 11.6 Å².